The molecule has 1 atom stereocenters. The first-order valence-electron chi connectivity index (χ1n) is 4.14. The Morgan fingerprint density at radius 2 is 2.13 bits per heavy atom. The Balaban J connectivity index is 2.85. The van der Waals surface area contributed by atoms with E-state index in [1.165, 1.54) is 6.07 Å². The normalized spacial score (nSPS) is 13.8. The minimum Gasteiger partial charge on any atom is -0.481 e. The Morgan fingerprint density at radius 1 is 1.53 bits per heavy atom. The van der Waals surface area contributed by atoms with E-state index < -0.39 is 19.2 Å². The van der Waals surface area contributed by atoms with Crippen LogP contribution in [0.5, 0.6) is 0 Å². The van der Waals surface area contributed by atoms with Crippen LogP contribution in [-0.4, -0.2) is 26.5 Å². The second-order valence-electron chi connectivity index (χ2n) is 3.16. The second-order valence-corrected chi connectivity index (χ2v) is 4.96. The zero-order valence-electron chi connectivity index (χ0n) is 7.95. The topological polar surface area (TPSA) is 108 Å². The van der Waals surface area contributed by atoms with Gasteiger partial charge in [0.2, 0.25) is 0 Å². The Morgan fingerprint density at radius 3 is 2.47 bits per heavy atom. The number of aliphatic carboxylic acids is 1. The van der Waals surface area contributed by atoms with Crippen LogP contribution >= 0.6 is 7.60 Å². The molecule has 1 aromatic rings. The molecule has 0 radical (unpaired) electrons. The summed E-state index contributed by atoms with van der Waals surface area (Å²) >= 11 is 0. The maximum absolute atomic E-state index is 10.9. The SMILES string of the molecule is Cc1ccc(CC(C(=O)O)P(=O)(O)O)o1. The first kappa shape index (κ1) is 12.0. The van der Waals surface area contributed by atoms with Crippen LogP contribution in [0.4, 0.5) is 0 Å². The van der Waals surface area contributed by atoms with Crippen molar-refractivity contribution in [3.8, 4) is 0 Å². The van der Waals surface area contributed by atoms with Crippen LogP contribution in [0.15, 0.2) is 16.5 Å². The van der Waals surface area contributed by atoms with Gasteiger partial charge in [-0.2, -0.15) is 0 Å². The molecule has 6 nitrogen and oxygen atoms in total. The van der Waals surface area contributed by atoms with Crippen molar-refractivity contribution in [3.63, 3.8) is 0 Å². The van der Waals surface area contributed by atoms with Gasteiger partial charge in [0.05, 0.1) is 0 Å². The molecule has 0 saturated carbocycles. The lowest BCUT2D eigenvalue weighted by Gasteiger charge is -2.11. The van der Waals surface area contributed by atoms with Crippen LogP contribution in [0, 0.1) is 6.92 Å². The quantitative estimate of drug-likeness (QED) is 0.664. The minimum atomic E-state index is -4.65. The monoisotopic (exact) mass is 234 g/mol. The third-order valence-corrected chi connectivity index (χ3v) is 3.10. The first-order valence-corrected chi connectivity index (χ1v) is 5.82. The molecule has 15 heavy (non-hydrogen) atoms. The zero-order valence-corrected chi connectivity index (χ0v) is 8.85. The van der Waals surface area contributed by atoms with Crippen LogP contribution in [0.1, 0.15) is 11.5 Å². The van der Waals surface area contributed by atoms with Gasteiger partial charge in [-0.05, 0) is 19.1 Å². The molecule has 1 unspecified atom stereocenters. The van der Waals surface area contributed by atoms with Crippen molar-refractivity contribution >= 4 is 13.6 Å². The average molecular weight is 234 g/mol. The molecule has 0 aliphatic rings. The summed E-state index contributed by atoms with van der Waals surface area (Å²) in [7, 11) is -4.65. The molecular weight excluding hydrogens is 223 g/mol. The number of furan rings is 1. The number of hydrogen-bond acceptors (Lipinski definition) is 3. The van der Waals surface area contributed by atoms with E-state index in [4.69, 9.17) is 19.3 Å². The van der Waals surface area contributed by atoms with Crippen molar-refractivity contribution in [3.05, 3.63) is 23.7 Å². The Labute approximate surface area is 85.7 Å². The highest BCUT2D eigenvalue weighted by molar-refractivity contribution is 7.53. The maximum Gasteiger partial charge on any atom is 0.340 e. The van der Waals surface area contributed by atoms with Crippen LogP contribution in [0.25, 0.3) is 0 Å². The molecule has 0 fully saturated rings. The summed E-state index contributed by atoms with van der Waals surface area (Å²) in [5, 5.41) is 8.64. The standard InChI is InChI=1S/C8H11O6P/c1-5-2-3-6(14-5)4-7(8(9)10)15(11,12)13/h2-3,7H,4H2,1H3,(H,9,10)(H2,11,12,13). The highest BCUT2D eigenvalue weighted by atomic mass is 31.2. The van der Waals surface area contributed by atoms with E-state index in [0.717, 1.165) is 0 Å². The molecule has 1 heterocycles. The fourth-order valence-corrected chi connectivity index (χ4v) is 1.84. The number of carboxylic acid groups (broad SMARTS) is 1. The fourth-order valence-electron chi connectivity index (χ4n) is 1.14. The third kappa shape index (κ3) is 3.20. The molecule has 0 amide bonds. The van der Waals surface area contributed by atoms with Crippen LogP contribution in [0.3, 0.4) is 0 Å². The van der Waals surface area contributed by atoms with E-state index in [0.29, 0.717) is 5.76 Å². The molecule has 84 valence electrons. The summed E-state index contributed by atoms with van der Waals surface area (Å²) in [5.41, 5.74) is -1.75. The molecule has 0 aromatic carbocycles. The van der Waals surface area contributed by atoms with Gasteiger partial charge in [0, 0.05) is 6.42 Å². The van der Waals surface area contributed by atoms with Gasteiger partial charge in [-0.1, -0.05) is 0 Å². The molecule has 0 aliphatic carbocycles. The highest BCUT2D eigenvalue weighted by Gasteiger charge is 2.36. The van der Waals surface area contributed by atoms with E-state index in [-0.39, 0.29) is 12.2 Å². The summed E-state index contributed by atoms with van der Waals surface area (Å²) in [4.78, 5) is 28.2. The van der Waals surface area contributed by atoms with Crippen molar-refractivity contribution in [1.82, 2.24) is 0 Å². The first-order chi connectivity index (χ1) is 6.80. The van der Waals surface area contributed by atoms with Crippen molar-refractivity contribution in [2.75, 3.05) is 0 Å². The molecule has 0 bridgehead atoms. The van der Waals surface area contributed by atoms with E-state index in [9.17, 15) is 9.36 Å². The summed E-state index contributed by atoms with van der Waals surface area (Å²) in [6, 6.07) is 3.11. The van der Waals surface area contributed by atoms with Crippen molar-refractivity contribution in [1.29, 1.82) is 0 Å². The molecular formula is C8H11O6P. The van der Waals surface area contributed by atoms with Crippen molar-refractivity contribution in [2.24, 2.45) is 0 Å². The van der Waals surface area contributed by atoms with Crippen molar-refractivity contribution in [2.45, 2.75) is 19.0 Å². The van der Waals surface area contributed by atoms with E-state index >= 15 is 0 Å². The van der Waals surface area contributed by atoms with E-state index in [2.05, 4.69) is 0 Å². The Bertz CT molecular complexity index is 403. The molecule has 1 aromatic heterocycles. The number of carboxylic acids is 1. The predicted molar refractivity (Wildman–Crippen MR) is 50.6 cm³/mol. The summed E-state index contributed by atoms with van der Waals surface area (Å²) in [5.74, 6) is -0.708. The largest absolute Gasteiger partial charge is 0.481 e. The van der Waals surface area contributed by atoms with E-state index in [1.54, 1.807) is 13.0 Å². The molecule has 0 aliphatic heterocycles. The van der Waals surface area contributed by atoms with Gasteiger partial charge >= 0.3 is 13.6 Å². The average Bonchev–Trinajstić information content (AvgIpc) is 2.44. The number of aryl methyl sites for hydroxylation is 1. The maximum atomic E-state index is 10.9. The van der Waals surface area contributed by atoms with Gasteiger partial charge in [0.1, 0.15) is 11.5 Å². The van der Waals surface area contributed by atoms with Gasteiger partial charge < -0.3 is 19.3 Å². The van der Waals surface area contributed by atoms with Crippen LogP contribution < -0.4 is 0 Å². The number of carbonyl (C=O) groups is 1. The molecule has 0 saturated heterocycles. The molecule has 1 rings (SSSR count). The third-order valence-electron chi connectivity index (χ3n) is 1.88. The zero-order chi connectivity index (χ0) is 11.6. The molecule has 0 spiro atoms. The smallest absolute Gasteiger partial charge is 0.340 e. The van der Waals surface area contributed by atoms with Gasteiger partial charge in [0.25, 0.3) is 0 Å². The van der Waals surface area contributed by atoms with Crippen LogP contribution in [0.2, 0.25) is 0 Å². The lowest BCUT2D eigenvalue weighted by Crippen LogP contribution is -2.22. The fraction of sp³-hybridized carbons (Fsp3) is 0.375. The van der Waals surface area contributed by atoms with Gasteiger partial charge in [-0.3, -0.25) is 9.36 Å². The summed E-state index contributed by atoms with van der Waals surface area (Å²) in [6.07, 6.45) is -0.312. The van der Waals surface area contributed by atoms with Gasteiger partial charge in [0.15, 0.2) is 5.66 Å². The lowest BCUT2D eigenvalue weighted by molar-refractivity contribution is -0.136. The second kappa shape index (κ2) is 4.18. The summed E-state index contributed by atoms with van der Waals surface area (Å²) < 4.78 is 15.9. The van der Waals surface area contributed by atoms with Crippen molar-refractivity contribution < 1.29 is 28.7 Å². The van der Waals surface area contributed by atoms with Crippen LogP contribution in [-0.2, 0) is 15.8 Å². The summed E-state index contributed by atoms with van der Waals surface area (Å²) in [6.45, 7) is 1.66. The number of hydrogen-bond donors (Lipinski definition) is 3. The lowest BCUT2D eigenvalue weighted by atomic mass is 10.2. The Kier molecular flexibility index (Phi) is 3.34. The molecule has 3 N–H and O–H groups in total. The molecule has 7 heteroatoms. The minimum absolute atomic E-state index is 0.253. The van der Waals surface area contributed by atoms with E-state index in [1.807, 2.05) is 0 Å². The van der Waals surface area contributed by atoms with Gasteiger partial charge in [-0.15, -0.1) is 0 Å². The Hall–Kier alpha value is -1.10. The number of rotatable bonds is 4. The highest BCUT2D eigenvalue weighted by Crippen LogP contribution is 2.42. The van der Waals surface area contributed by atoms with Gasteiger partial charge in [-0.25, -0.2) is 0 Å². The predicted octanol–water partition coefficient (Wildman–Crippen LogP) is 0.761.